The number of carbonyl (C=O) groups excluding carboxylic acids is 3. The highest BCUT2D eigenvalue weighted by atomic mass is 28.4. The maximum atomic E-state index is 13.6. The van der Waals surface area contributed by atoms with Gasteiger partial charge in [-0.1, -0.05) is 112 Å². The second-order valence-electron chi connectivity index (χ2n) is 12.8. The zero-order valence-corrected chi connectivity index (χ0v) is 27.3. The fourth-order valence-corrected chi connectivity index (χ4v) is 5.65. The third-order valence-electron chi connectivity index (χ3n) is 8.47. The van der Waals surface area contributed by atoms with Crippen molar-refractivity contribution in [3.63, 3.8) is 0 Å². The number of hydrogen-bond acceptors (Lipinski definition) is 5. The van der Waals surface area contributed by atoms with Crippen LogP contribution >= 0.6 is 0 Å². The highest BCUT2D eigenvalue weighted by Gasteiger charge is 2.44. The van der Waals surface area contributed by atoms with Crippen LogP contribution in [-0.4, -0.2) is 51.0 Å². The summed E-state index contributed by atoms with van der Waals surface area (Å²) in [6, 6.07) is 27.2. The molecule has 4 rings (SSSR count). The quantitative estimate of drug-likeness (QED) is 0.174. The second-order valence-corrected chi connectivity index (χ2v) is 17.6. The predicted molar refractivity (Wildman–Crippen MR) is 174 cm³/mol. The second kappa shape index (κ2) is 14.8. The van der Waals surface area contributed by atoms with Crippen molar-refractivity contribution >= 4 is 26.0 Å². The van der Waals surface area contributed by atoms with Crippen LogP contribution in [0.25, 0.3) is 0 Å². The van der Waals surface area contributed by atoms with Gasteiger partial charge in [-0.2, -0.15) is 0 Å². The molecule has 0 aromatic heterocycles. The van der Waals surface area contributed by atoms with Gasteiger partial charge in [0.1, 0.15) is 12.1 Å². The molecule has 44 heavy (non-hydrogen) atoms. The van der Waals surface area contributed by atoms with Gasteiger partial charge in [-0.3, -0.25) is 14.4 Å². The topological polar surface area (TPSA) is 106 Å². The summed E-state index contributed by atoms with van der Waals surface area (Å²) < 4.78 is 12.9. The summed E-state index contributed by atoms with van der Waals surface area (Å²) >= 11 is 0. The average molecular weight is 616 g/mol. The van der Waals surface area contributed by atoms with Gasteiger partial charge in [0.15, 0.2) is 20.6 Å². The van der Waals surface area contributed by atoms with E-state index in [1.807, 2.05) is 91.0 Å². The summed E-state index contributed by atoms with van der Waals surface area (Å²) in [4.78, 5) is 39.2. The van der Waals surface area contributed by atoms with Crippen LogP contribution in [-0.2, 0) is 36.4 Å². The van der Waals surface area contributed by atoms with Crippen LogP contribution in [0, 0.1) is 0 Å². The Kier molecular flexibility index (Phi) is 11.1. The third kappa shape index (κ3) is 9.11. The first kappa shape index (κ1) is 33.1. The van der Waals surface area contributed by atoms with Crippen molar-refractivity contribution in [1.29, 1.82) is 0 Å². The Bertz CT molecular complexity index is 1380. The number of carbonyl (C=O) groups is 3. The first-order chi connectivity index (χ1) is 20.9. The predicted octanol–water partition coefficient (Wildman–Crippen LogP) is 5.07. The first-order valence-electron chi connectivity index (χ1n) is 15.3. The van der Waals surface area contributed by atoms with Crippen molar-refractivity contribution in [2.75, 3.05) is 6.61 Å². The lowest BCUT2D eigenvalue weighted by atomic mass is 10.0. The molecule has 3 aromatic carbocycles. The van der Waals surface area contributed by atoms with Crippen LogP contribution in [0.5, 0.6) is 0 Å². The van der Waals surface area contributed by atoms with Crippen molar-refractivity contribution in [3.8, 4) is 0 Å². The van der Waals surface area contributed by atoms with E-state index >= 15 is 0 Å². The number of rotatable bonds is 14. The average Bonchev–Trinajstić information content (AvgIpc) is 3.00. The molecule has 0 saturated carbocycles. The molecule has 0 aliphatic carbocycles. The maximum Gasteiger partial charge on any atom is 0.249 e. The lowest BCUT2D eigenvalue weighted by molar-refractivity contribution is -0.159. The number of aryl methyl sites for hydroxylation is 1. The summed E-state index contributed by atoms with van der Waals surface area (Å²) in [6.45, 7) is 11.2. The van der Waals surface area contributed by atoms with Crippen LogP contribution in [0.4, 0.5) is 0 Å². The Morgan fingerprint density at radius 1 is 0.886 bits per heavy atom. The van der Waals surface area contributed by atoms with E-state index in [4.69, 9.17) is 9.16 Å². The van der Waals surface area contributed by atoms with Gasteiger partial charge in [-0.25, -0.2) is 0 Å². The Labute approximate surface area is 262 Å². The maximum absolute atomic E-state index is 13.6. The third-order valence-corrected chi connectivity index (χ3v) is 13.0. The van der Waals surface area contributed by atoms with E-state index in [9.17, 15) is 14.4 Å². The number of β-lactam (4-membered cyclic amide) rings is 1. The minimum atomic E-state index is -2.07. The standard InChI is InChI=1S/C35H45N3O5Si/c1-35(2,3)44(4,5)42-24-29(27-19-13-8-14-20-27)43-34-31(33(41)38-34)37-32(40)28(23-26-17-11-7-12-18-26)36-30(39)22-21-25-15-9-6-10-16-25/h6-20,28-29,31,34H,21-24H2,1-5H3,(H,36,39)(H,37,40)(H,38,41)/t28-,29?,31+,34+/m0/s1. The Balaban J connectivity index is 1.44. The van der Waals surface area contributed by atoms with Gasteiger partial charge in [-0.05, 0) is 41.2 Å². The number of ether oxygens (including phenoxy) is 1. The molecule has 0 radical (unpaired) electrons. The van der Waals surface area contributed by atoms with Crippen molar-refractivity contribution in [2.45, 2.75) is 82.6 Å². The molecule has 1 aliphatic rings. The van der Waals surface area contributed by atoms with Gasteiger partial charge < -0.3 is 25.1 Å². The Hall–Kier alpha value is -3.79. The molecule has 3 N–H and O–H groups in total. The van der Waals surface area contributed by atoms with E-state index in [2.05, 4.69) is 49.8 Å². The van der Waals surface area contributed by atoms with Gasteiger partial charge in [0, 0.05) is 12.8 Å². The molecule has 0 bridgehead atoms. The fraction of sp³-hybridized carbons (Fsp3) is 0.400. The first-order valence-corrected chi connectivity index (χ1v) is 18.2. The van der Waals surface area contributed by atoms with Crippen LogP contribution in [0.1, 0.15) is 50.0 Å². The van der Waals surface area contributed by atoms with E-state index < -0.39 is 38.6 Å². The van der Waals surface area contributed by atoms with E-state index in [1.165, 1.54) is 0 Å². The monoisotopic (exact) mass is 615 g/mol. The lowest BCUT2D eigenvalue weighted by Gasteiger charge is -2.41. The molecular weight excluding hydrogens is 570 g/mol. The molecule has 1 fully saturated rings. The van der Waals surface area contributed by atoms with E-state index in [1.54, 1.807) is 0 Å². The number of benzene rings is 3. The smallest absolute Gasteiger partial charge is 0.249 e. The summed E-state index contributed by atoms with van der Waals surface area (Å²) in [6.07, 6.45) is -0.105. The van der Waals surface area contributed by atoms with Crippen molar-refractivity contribution < 1.29 is 23.5 Å². The SMILES string of the molecule is CC(C)(C)[Si](C)(C)OCC(O[C@H]1NC(=O)[C@H]1NC(=O)[C@H](Cc1ccccc1)NC(=O)CCc1ccccc1)c1ccccc1. The highest BCUT2D eigenvalue weighted by molar-refractivity contribution is 6.74. The number of hydrogen-bond donors (Lipinski definition) is 3. The van der Waals surface area contributed by atoms with Gasteiger partial charge in [-0.15, -0.1) is 0 Å². The van der Waals surface area contributed by atoms with Crippen LogP contribution in [0.15, 0.2) is 91.0 Å². The summed E-state index contributed by atoms with van der Waals surface area (Å²) in [5.41, 5.74) is 2.86. The van der Waals surface area contributed by atoms with Gasteiger partial charge in [0.05, 0.1) is 6.61 Å². The highest BCUT2D eigenvalue weighted by Crippen LogP contribution is 2.37. The van der Waals surface area contributed by atoms with Crippen LogP contribution in [0.3, 0.4) is 0 Å². The molecule has 0 spiro atoms. The lowest BCUT2D eigenvalue weighted by Crippen LogP contribution is -2.71. The minimum Gasteiger partial charge on any atom is -0.414 e. The minimum absolute atomic E-state index is 0.0225. The summed E-state index contributed by atoms with van der Waals surface area (Å²) in [5, 5.41) is 8.55. The molecule has 1 saturated heterocycles. The van der Waals surface area contributed by atoms with Gasteiger partial charge in [0.2, 0.25) is 17.7 Å². The fourth-order valence-electron chi connectivity index (χ4n) is 4.65. The Morgan fingerprint density at radius 3 is 2.02 bits per heavy atom. The Morgan fingerprint density at radius 2 is 1.45 bits per heavy atom. The van der Waals surface area contributed by atoms with Crippen LogP contribution < -0.4 is 16.0 Å². The molecule has 4 atom stereocenters. The summed E-state index contributed by atoms with van der Waals surface area (Å²) in [5.74, 6) is -1.01. The van der Waals surface area contributed by atoms with Gasteiger partial charge >= 0.3 is 0 Å². The molecule has 8 nitrogen and oxygen atoms in total. The molecule has 1 heterocycles. The van der Waals surface area contributed by atoms with Crippen molar-refractivity contribution in [1.82, 2.24) is 16.0 Å². The zero-order chi connectivity index (χ0) is 31.7. The van der Waals surface area contributed by atoms with E-state index in [0.29, 0.717) is 13.0 Å². The molecule has 1 aliphatic heterocycles. The molecule has 3 aromatic rings. The van der Waals surface area contributed by atoms with Crippen molar-refractivity contribution in [2.24, 2.45) is 0 Å². The molecule has 234 valence electrons. The normalized spacial score (nSPS) is 18.0. The van der Waals surface area contributed by atoms with Crippen LogP contribution in [0.2, 0.25) is 18.1 Å². The molecular formula is C35H45N3O5Si. The van der Waals surface area contributed by atoms with E-state index in [0.717, 1.165) is 16.7 Å². The summed E-state index contributed by atoms with van der Waals surface area (Å²) in [7, 11) is -2.07. The van der Waals surface area contributed by atoms with Gasteiger partial charge in [0.25, 0.3) is 0 Å². The zero-order valence-electron chi connectivity index (χ0n) is 26.3. The largest absolute Gasteiger partial charge is 0.414 e. The molecule has 3 amide bonds. The number of nitrogens with one attached hydrogen (secondary N) is 3. The van der Waals surface area contributed by atoms with Crippen molar-refractivity contribution in [3.05, 3.63) is 108 Å². The molecule has 9 heteroatoms. The molecule has 1 unspecified atom stereocenters. The van der Waals surface area contributed by atoms with E-state index in [-0.39, 0.29) is 29.7 Å². The number of amides is 3.